The van der Waals surface area contributed by atoms with Gasteiger partial charge in [-0.05, 0) is 74.4 Å². The fourth-order valence-electron chi connectivity index (χ4n) is 3.88. The maximum atomic E-state index is 13.0. The van der Waals surface area contributed by atoms with Crippen LogP contribution in [0.1, 0.15) is 45.8 Å². The van der Waals surface area contributed by atoms with E-state index in [1.807, 2.05) is 11.0 Å². The molecule has 2 aromatic rings. The number of carbonyl (C=O) groups excluding carboxylic acids is 2. The van der Waals surface area contributed by atoms with Crippen LogP contribution in [0.25, 0.3) is 0 Å². The molecule has 2 aliphatic rings. The lowest BCUT2D eigenvalue weighted by atomic mass is 9.87. The van der Waals surface area contributed by atoms with E-state index in [1.54, 1.807) is 23.5 Å². The third-order valence-electron chi connectivity index (χ3n) is 5.42. The number of likely N-dealkylation sites (tertiary alicyclic amines) is 1. The van der Waals surface area contributed by atoms with Gasteiger partial charge >= 0.3 is 0 Å². The van der Waals surface area contributed by atoms with Crippen molar-refractivity contribution in [2.75, 3.05) is 18.4 Å². The molecule has 27 heavy (non-hydrogen) atoms. The third-order valence-corrected chi connectivity index (χ3v) is 6.64. The van der Waals surface area contributed by atoms with Gasteiger partial charge < -0.3 is 10.2 Å². The zero-order valence-corrected chi connectivity index (χ0v) is 16.0. The molecule has 1 aliphatic carbocycles. The Morgan fingerprint density at radius 1 is 1.11 bits per heavy atom. The molecule has 1 atom stereocenters. The molecule has 1 fully saturated rings. The second kappa shape index (κ2) is 7.80. The number of fused-ring (bicyclic) bond motifs is 1. The Morgan fingerprint density at radius 2 is 1.85 bits per heavy atom. The van der Waals surface area contributed by atoms with Crippen molar-refractivity contribution < 1.29 is 14.0 Å². The molecule has 4 nitrogen and oxygen atoms in total. The first kappa shape index (κ1) is 18.2. The first-order valence-electron chi connectivity index (χ1n) is 9.57. The summed E-state index contributed by atoms with van der Waals surface area (Å²) in [5.74, 6) is -0.335. The number of amides is 2. The number of piperidine rings is 1. The van der Waals surface area contributed by atoms with E-state index in [9.17, 15) is 14.0 Å². The lowest BCUT2D eigenvalue weighted by molar-refractivity contribution is -0.120. The van der Waals surface area contributed by atoms with Crippen molar-refractivity contribution in [3.63, 3.8) is 0 Å². The van der Waals surface area contributed by atoms with Crippen molar-refractivity contribution in [3.05, 3.63) is 51.5 Å². The molecule has 1 saturated heterocycles. The highest BCUT2D eigenvalue weighted by Crippen LogP contribution is 2.34. The standard InChI is InChI=1S/C21H23FN2O2S/c22-16-5-7-17(8-6-16)23-20(25)14-4-9-18-15(12-14)13-19(27-18)21(26)24-10-2-1-3-11-24/h5-8,13-14H,1-4,9-12H2,(H,23,25)/t14-/m1/s1. The number of hydrogen-bond donors (Lipinski definition) is 1. The molecule has 4 rings (SSSR count). The van der Waals surface area contributed by atoms with Crippen LogP contribution in [-0.2, 0) is 17.6 Å². The van der Waals surface area contributed by atoms with Crippen LogP contribution in [0.5, 0.6) is 0 Å². The predicted octanol–water partition coefficient (Wildman–Crippen LogP) is 4.26. The first-order valence-corrected chi connectivity index (χ1v) is 10.4. The normalized spacial score (nSPS) is 19.4. The average Bonchev–Trinajstić information content (AvgIpc) is 3.13. The topological polar surface area (TPSA) is 49.4 Å². The Morgan fingerprint density at radius 3 is 2.59 bits per heavy atom. The molecular weight excluding hydrogens is 363 g/mol. The molecule has 0 saturated carbocycles. The zero-order chi connectivity index (χ0) is 18.8. The fraction of sp³-hybridized carbons (Fsp3) is 0.429. The second-order valence-corrected chi connectivity index (χ2v) is 8.48. The van der Waals surface area contributed by atoms with Crippen LogP contribution < -0.4 is 5.32 Å². The lowest BCUT2D eigenvalue weighted by Gasteiger charge is -2.26. The van der Waals surface area contributed by atoms with Crippen LogP contribution in [0.4, 0.5) is 10.1 Å². The summed E-state index contributed by atoms with van der Waals surface area (Å²) < 4.78 is 13.0. The number of rotatable bonds is 3. The predicted molar refractivity (Wildman–Crippen MR) is 105 cm³/mol. The summed E-state index contributed by atoms with van der Waals surface area (Å²) in [6.45, 7) is 1.70. The van der Waals surface area contributed by atoms with E-state index in [2.05, 4.69) is 5.32 Å². The van der Waals surface area contributed by atoms with E-state index in [1.165, 1.54) is 23.4 Å². The second-order valence-electron chi connectivity index (χ2n) is 7.35. The van der Waals surface area contributed by atoms with Crippen LogP contribution in [0.3, 0.4) is 0 Å². The van der Waals surface area contributed by atoms with Gasteiger partial charge in [0.05, 0.1) is 4.88 Å². The van der Waals surface area contributed by atoms with Gasteiger partial charge in [-0.25, -0.2) is 4.39 Å². The Kier molecular flexibility index (Phi) is 5.25. The minimum Gasteiger partial charge on any atom is -0.338 e. The fourth-order valence-corrected chi connectivity index (χ4v) is 5.06. The van der Waals surface area contributed by atoms with Gasteiger partial charge in [-0.1, -0.05) is 0 Å². The monoisotopic (exact) mass is 386 g/mol. The van der Waals surface area contributed by atoms with Gasteiger partial charge in [0.1, 0.15) is 5.82 Å². The minimum absolute atomic E-state index is 0.0395. The molecule has 1 N–H and O–H groups in total. The van der Waals surface area contributed by atoms with E-state index in [0.29, 0.717) is 12.1 Å². The summed E-state index contributed by atoms with van der Waals surface area (Å²) in [5.41, 5.74) is 1.74. The Bertz CT molecular complexity index is 840. The van der Waals surface area contributed by atoms with Gasteiger partial charge in [0.2, 0.25) is 5.91 Å². The van der Waals surface area contributed by atoms with E-state index < -0.39 is 0 Å². The number of thiophene rings is 1. The van der Waals surface area contributed by atoms with Crippen molar-refractivity contribution in [3.8, 4) is 0 Å². The molecule has 2 amide bonds. The molecule has 0 unspecified atom stereocenters. The van der Waals surface area contributed by atoms with Crippen LogP contribution in [0.15, 0.2) is 30.3 Å². The molecule has 0 spiro atoms. The van der Waals surface area contributed by atoms with Crippen LogP contribution >= 0.6 is 11.3 Å². The molecule has 1 aromatic heterocycles. The van der Waals surface area contributed by atoms with Gasteiger partial charge in [0, 0.05) is 29.6 Å². The van der Waals surface area contributed by atoms with Gasteiger partial charge in [-0.15, -0.1) is 11.3 Å². The van der Waals surface area contributed by atoms with Crippen molar-refractivity contribution in [2.24, 2.45) is 5.92 Å². The highest BCUT2D eigenvalue weighted by atomic mass is 32.1. The lowest BCUT2D eigenvalue weighted by Crippen LogP contribution is -2.35. The highest BCUT2D eigenvalue weighted by Gasteiger charge is 2.29. The summed E-state index contributed by atoms with van der Waals surface area (Å²) in [6.07, 6.45) is 5.64. The number of nitrogens with one attached hydrogen (secondary N) is 1. The molecule has 1 aliphatic heterocycles. The Labute approximate surface area is 162 Å². The summed E-state index contributed by atoms with van der Waals surface area (Å²) in [7, 11) is 0. The molecule has 0 radical (unpaired) electrons. The van der Waals surface area contributed by atoms with Crippen molar-refractivity contribution in [2.45, 2.75) is 38.5 Å². The van der Waals surface area contributed by atoms with Gasteiger partial charge in [-0.3, -0.25) is 9.59 Å². The summed E-state index contributed by atoms with van der Waals surface area (Å²) in [5, 5.41) is 2.87. The largest absolute Gasteiger partial charge is 0.338 e. The first-order chi connectivity index (χ1) is 13.1. The SMILES string of the molecule is O=C(Nc1ccc(F)cc1)[C@@H]1CCc2sc(C(=O)N3CCCCC3)cc2C1. The van der Waals surface area contributed by atoms with E-state index in [-0.39, 0.29) is 23.5 Å². The summed E-state index contributed by atoms with van der Waals surface area (Å²) >= 11 is 1.59. The minimum atomic E-state index is -0.320. The van der Waals surface area contributed by atoms with Crippen LogP contribution in [0.2, 0.25) is 0 Å². The number of halogens is 1. The number of aryl methyl sites for hydroxylation is 1. The van der Waals surface area contributed by atoms with E-state index in [4.69, 9.17) is 0 Å². The molecule has 2 heterocycles. The molecule has 1 aromatic carbocycles. The van der Waals surface area contributed by atoms with E-state index >= 15 is 0 Å². The molecule has 142 valence electrons. The number of nitrogens with zero attached hydrogens (tertiary/aromatic N) is 1. The Balaban J connectivity index is 1.42. The number of benzene rings is 1. The smallest absolute Gasteiger partial charge is 0.263 e. The summed E-state index contributed by atoms with van der Waals surface area (Å²) in [6, 6.07) is 7.81. The van der Waals surface area contributed by atoms with Crippen LogP contribution in [0, 0.1) is 11.7 Å². The van der Waals surface area contributed by atoms with Gasteiger partial charge in [0.25, 0.3) is 5.91 Å². The van der Waals surface area contributed by atoms with Gasteiger partial charge in [0.15, 0.2) is 0 Å². The van der Waals surface area contributed by atoms with E-state index in [0.717, 1.165) is 49.2 Å². The number of hydrogen-bond acceptors (Lipinski definition) is 3. The Hall–Kier alpha value is -2.21. The third kappa shape index (κ3) is 4.05. The number of carbonyl (C=O) groups is 2. The van der Waals surface area contributed by atoms with Gasteiger partial charge in [-0.2, -0.15) is 0 Å². The van der Waals surface area contributed by atoms with Crippen molar-refractivity contribution in [1.82, 2.24) is 4.90 Å². The maximum absolute atomic E-state index is 13.0. The average molecular weight is 386 g/mol. The van der Waals surface area contributed by atoms with Crippen LogP contribution in [-0.4, -0.2) is 29.8 Å². The maximum Gasteiger partial charge on any atom is 0.263 e. The molecule has 6 heteroatoms. The number of anilines is 1. The molecular formula is C21H23FN2O2S. The zero-order valence-electron chi connectivity index (χ0n) is 15.2. The van der Waals surface area contributed by atoms with Crippen molar-refractivity contribution >= 4 is 28.8 Å². The highest BCUT2D eigenvalue weighted by molar-refractivity contribution is 7.14. The summed E-state index contributed by atoms with van der Waals surface area (Å²) in [4.78, 5) is 29.3. The quantitative estimate of drug-likeness (QED) is 0.857. The molecule has 0 bridgehead atoms. The van der Waals surface area contributed by atoms with Crippen molar-refractivity contribution in [1.29, 1.82) is 0 Å².